The highest BCUT2D eigenvalue weighted by molar-refractivity contribution is 5.89. The quantitative estimate of drug-likeness (QED) is 0.746. The van der Waals surface area contributed by atoms with E-state index in [1.807, 2.05) is 47.1 Å². The molecule has 0 amide bonds. The Bertz CT molecular complexity index is 930. The lowest BCUT2D eigenvalue weighted by Gasteiger charge is -2.24. The van der Waals surface area contributed by atoms with Gasteiger partial charge in [-0.15, -0.1) is 0 Å². The third-order valence-electron chi connectivity index (χ3n) is 4.17. The van der Waals surface area contributed by atoms with Gasteiger partial charge in [-0.05, 0) is 29.3 Å². The van der Waals surface area contributed by atoms with Crippen molar-refractivity contribution in [3.05, 3.63) is 83.7 Å². The topological polar surface area (TPSA) is 69.0 Å². The summed E-state index contributed by atoms with van der Waals surface area (Å²) in [4.78, 5) is 15.9. The molecule has 0 saturated carbocycles. The van der Waals surface area contributed by atoms with Crippen molar-refractivity contribution in [3.63, 3.8) is 0 Å². The molecule has 0 aliphatic carbocycles. The second kappa shape index (κ2) is 6.24. The molecule has 0 saturated heterocycles. The molecule has 4 rings (SSSR count). The lowest BCUT2D eigenvalue weighted by molar-refractivity contribution is 0.0600. The third kappa shape index (κ3) is 2.78. The lowest BCUT2D eigenvalue weighted by Crippen LogP contribution is -2.20. The van der Waals surface area contributed by atoms with Crippen molar-refractivity contribution in [3.8, 4) is 0 Å². The van der Waals surface area contributed by atoms with E-state index in [-0.39, 0.29) is 12.0 Å². The maximum Gasteiger partial charge on any atom is 0.337 e. The number of fused-ring (bicyclic) bond motifs is 1. The number of carbonyl (C=O) groups is 1. The SMILES string of the molecule is COC(=O)c1ccc([C@@H]2C=C(c3ccccc3)Nc3ncnn32)cc1. The predicted molar refractivity (Wildman–Crippen MR) is 94.0 cm³/mol. The maximum absolute atomic E-state index is 11.6. The Morgan fingerprint density at radius 2 is 1.88 bits per heavy atom. The Morgan fingerprint density at radius 1 is 1.12 bits per heavy atom. The molecule has 6 heteroatoms. The van der Waals surface area contributed by atoms with Crippen LogP contribution in [0.5, 0.6) is 0 Å². The highest BCUT2D eigenvalue weighted by Gasteiger charge is 2.23. The van der Waals surface area contributed by atoms with Crippen molar-refractivity contribution in [2.45, 2.75) is 6.04 Å². The molecule has 124 valence electrons. The Labute approximate surface area is 144 Å². The molecule has 6 nitrogen and oxygen atoms in total. The monoisotopic (exact) mass is 332 g/mol. The zero-order valence-electron chi connectivity index (χ0n) is 13.6. The minimum atomic E-state index is -0.348. The molecule has 25 heavy (non-hydrogen) atoms. The summed E-state index contributed by atoms with van der Waals surface area (Å²) in [6.07, 6.45) is 3.63. The zero-order chi connectivity index (χ0) is 17.2. The van der Waals surface area contributed by atoms with Gasteiger partial charge in [0.05, 0.1) is 12.7 Å². The first kappa shape index (κ1) is 15.1. The van der Waals surface area contributed by atoms with Gasteiger partial charge >= 0.3 is 5.97 Å². The van der Waals surface area contributed by atoms with E-state index < -0.39 is 0 Å². The predicted octanol–water partition coefficient (Wildman–Crippen LogP) is 3.12. The van der Waals surface area contributed by atoms with Gasteiger partial charge in [-0.3, -0.25) is 0 Å². The van der Waals surface area contributed by atoms with Crippen molar-refractivity contribution >= 4 is 17.6 Å². The number of hydrogen-bond donors (Lipinski definition) is 1. The van der Waals surface area contributed by atoms with Gasteiger partial charge in [0.15, 0.2) is 0 Å². The average molecular weight is 332 g/mol. The molecule has 0 spiro atoms. The summed E-state index contributed by atoms with van der Waals surface area (Å²) in [5.41, 5.74) is 3.58. The molecule has 2 aromatic carbocycles. The fourth-order valence-electron chi connectivity index (χ4n) is 2.89. The van der Waals surface area contributed by atoms with Crippen molar-refractivity contribution in [2.75, 3.05) is 12.4 Å². The minimum absolute atomic E-state index is 0.111. The summed E-state index contributed by atoms with van der Waals surface area (Å²) in [7, 11) is 1.37. The number of methoxy groups -OCH3 is 1. The number of aromatic nitrogens is 3. The molecule has 1 N–H and O–H groups in total. The summed E-state index contributed by atoms with van der Waals surface area (Å²) in [6, 6.07) is 17.3. The van der Waals surface area contributed by atoms with Gasteiger partial charge < -0.3 is 10.1 Å². The maximum atomic E-state index is 11.6. The van der Waals surface area contributed by atoms with Crippen LogP contribution >= 0.6 is 0 Å². The molecular weight excluding hydrogens is 316 g/mol. The first-order chi connectivity index (χ1) is 12.3. The van der Waals surface area contributed by atoms with Gasteiger partial charge in [0.2, 0.25) is 5.95 Å². The van der Waals surface area contributed by atoms with E-state index in [2.05, 4.69) is 21.5 Å². The van der Waals surface area contributed by atoms with Crippen LogP contribution in [0.25, 0.3) is 5.70 Å². The lowest BCUT2D eigenvalue weighted by atomic mass is 10.0. The van der Waals surface area contributed by atoms with Gasteiger partial charge in [-0.25, -0.2) is 9.48 Å². The molecule has 3 aromatic rings. The number of nitrogens with one attached hydrogen (secondary N) is 1. The summed E-state index contributed by atoms with van der Waals surface area (Å²) in [5, 5.41) is 7.63. The van der Waals surface area contributed by atoms with Crippen LogP contribution in [-0.2, 0) is 4.74 Å². The molecule has 0 bridgehead atoms. The number of benzene rings is 2. The fraction of sp³-hybridized carbons (Fsp3) is 0.105. The number of allylic oxidation sites excluding steroid dienone is 1. The van der Waals surface area contributed by atoms with Gasteiger partial charge in [-0.1, -0.05) is 42.5 Å². The standard InChI is InChI=1S/C19H16N4O2/c1-25-18(24)15-9-7-14(8-10-15)17-11-16(13-5-3-2-4-6-13)22-19-20-12-21-23(17)19/h2-12,17H,1H3,(H,20,21,22)/t17-/m0/s1. The van der Waals surface area contributed by atoms with E-state index in [0.717, 1.165) is 16.8 Å². The van der Waals surface area contributed by atoms with E-state index >= 15 is 0 Å². The molecule has 0 unspecified atom stereocenters. The van der Waals surface area contributed by atoms with E-state index in [1.54, 1.807) is 12.1 Å². The second-order valence-electron chi connectivity index (χ2n) is 5.66. The molecule has 1 aromatic heterocycles. The van der Waals surface area contributed by atoms with E-state index in [9.17, 15) is 4.79 Å². The Kier molecular flexibility index (Phi) is 3.78. The number of anilines is 1. The first-order valence-electron chi connectivity index (χ1n) is 7.88. The van der Waals surface area contributed by atoms with Gasteiger partial charge in [0.25, 0.3) is 0 Å². The fourth-order valence-corrected chi connectivity index (χ4v) is 2.89. The van der Waals surface area contributed by atoms with Crippen molar-refractivity contribution < 1.29 is 9.53 Å². The van der Waals surface area contributed by atoms with Crippen LogP contribution in [0, 0.1) is 0 Å². The van der Waals surface area contributed by atoms with Crippen LogP contribution < -0.4 is 5.32 Å². The van der Waals surface area contributed by atoms with E-state index in [0.29, 0.717) is 11.5 Å². The third-order valence-corrected chi connectivity index (χ3v) is 4.17. The minimum Gasteiger partial charge on any atom is -0.465 e. The largest absolute Gasteiger partial charge is 0.465 e. The van der Waals surface area contributed by atoms with Crippen LogP contribution in [0.4, 0.5) is 5.95 Å². The number of esters is 1. The molecule has 1 atom stereocenters. The van der Waals surface area contributed by atoms with Crippen molar-refractivity contribution in [1.29, 1.82) is 0 Å². The van der Waals surface area contributed by atoms with Gasteiger partial charge in [-0.2, -0.15) is 10.1 Å². The summed E-state index contributed by atoms with van der Waals surface area (Å²) in [6.45, 7) is 0. The molecule has 0 radical (unpaired) electrons. The summed E-state index contributed by atoms with van der Waals surface area (Å²) < 4.78 is 6.57. The van der Waals surface area contributed by atoms with Crippen LogP contribution in [0.1, 0.15) is 27.5 Å². The molecule has 1 aliphatic rings. The number of ether oxygens (including phenoxy) is 1. The highest BCUT2D eigenvalue weighted by atomic mass is 16.5. The normalized spacial score (nSPS) is 15.7. The molecule has 1 aliphatic heterocycles. The van der Waals surface area contributed by atoms with Crippen LogP contribution in [0.15, 0.2) is 67.0 Å². The van der Waals surface area contributed by atoms with Gasteiger partial charge in [0, 0.05) is 5.70 Å². The zero-order valence-corrected chi connectivity index (χ0v) is 13.6. The number of hydrogen-bond acceptors (Lipinski definition) is 5. The van der Waals surface area contributed by atoms with Crippen LogP contribution in [0.3, 0.4) is 0 Å². The smallest absolute Gasteiger partial charge is 0.337 e. The Hall–Kier alpha value is -3.41. The summed E-state index contributed by atoms with van der Waals surface area (Å²) >= 11 is 0. The second-order valence-corrected chi connectivity index (χ2v) is 5.66. The average Bonchev–Trinajstić information content (AvgIpc) is 3.16. The Morgan fingerprint density at radius 3 is 2.60 bits per heavy atom. The van der Waals surface area contributed by atoms with E-state index in [1.165, 1.54) is 13.4 Å². The summed E-state index contributed by atoms with van der Waals surface area (Å²) in [5.74, 6) is 0.335. The number of rotatable bonds is 3. The van der Waals surface area contributed by atoms with Crippen LogP contribution in [-0.4, -0.2) is 27.8 Å². The first-order valence-corrected chi connectivity index (χ1v) is 7.88. The highest BCUT2D eigenvalue weighted by Crippen LogP contribution is 2.31. The van der Waals surface area contributed by atoms with Crippen molar-refractivity contribution in [2.24, 2.45) is 0 Å². The van der Waals surface area contributed by atoms with Crippen molar-refractivity contribution in [1.82, 2.24) is 14.8 Å². The van der Waals surface area contributed by atoms with Crippen LogP contribution in [0.2, 0.25) is 0 Å². The molecular formula is C19H16N4O2. The van der Waals surface area contributed by atoms with Gasteiger partial charge in [0.1, 0.15) is 12.4 Å². The number of nitrogens with zero attached hydrogens (tertiary/aromatic N) is 3. The molecule has 0 fully saturated rings. The Balaban J connectivity index is 1.74. The van der Waals surface area contributed by atoms with E-state index in [4.69, 9.17) is 4.74 Å². The molecule has 2 heterocycles. The number of carbonyl (C=O) groups excluding carboxylic acids is 1.